The van der Waals surface area contributed by atoms with Crippen LogP contribution in [0.5, 0.6) is 0 Å². The Balaban J connectivity index is 2.34. The molecule has 0 bridgehead atoms. The first kappa shape index (κ1) is 15.4. The number of halogens is 1. The molecule has 0 saturated carbocycles. The van der Waals surface area contributed by atoms with Gasteiger partial charge in [0, 0.05) is 36.9 Å². The van der Waals surface area contributed by atoms with Crippen molar-refractivity contribution < 1.29 is 14.7 Å². The minimum atomic E-state index is -1.01. The number of carboxylic acid groups (broad SMARTS) is 1. The van der Waals surface area contributed by atoms with Crippen LogP contribution in [0.4, 0.5) is 5.69 Å². The molecule has 5 nitrogen and oxygen atoms in total. The van der Waals surface area contributed by atoms with Gasteiger partial charge in [-0.2, -0.15) is 0 Å². The van der Waals surface area contributed by atoms with Gasteiger partial charge in [0.2, 0.25) is 5.91 Å². The van der Waals surface area contributed by atoms with Crippen LogP contribution in [0.1, 0.15) is 12.0 Å². The first-order chi connectivity index (χ1) is 9.97. The van der Waals surface area contributed by atoms with E-state index in [1.807, 2.05) is 4.90 Å². The molecular weight excluding hydrogens is 292 g/mol. The second-order valence-electron chi connectivity index (χ2n) is 4.97. The first-order valence-electron chi connectivity index (χ1n) is 6.67. The molecule has 1 heterocycles. The molecule has 1 aliphatic heterocycles. The van der Waals surface area contributed by atoms with Crippen molar-refractivity contribution in [1.29, 1.82) is 0 Å². The van der Waals surface area contributed by atoms with Crippen LogP contribution < -0.4 is 4.90 Å². The molecule has 0 aromatic heterocycles. The van der Waals surface area contributed by atoms with Gasteiger partial charge < -0.3 is 14.9 Å². The van der Waals surface area contributed by atoms with Gasteiger partial charge in [-0.25, -0.2) is 4.79 Å². The summed E-state index contributed by atoms with van der Waals surface area (Å²) in [6.45, 7) is 1.71. The van der Waals surface area contributed by atoms with Crippen molar-refractivity contribution in [2.45, 2.75) is 6.42 Å². The summed E-state index contributed by atoms with van der Waals surface area (Å²) in [7, 11) is 1.79. The maximum Gasteiger partial charge on any atom is 0.328 e. The van der Waals surface area contributed by atoms with Gasteiger partial charge in [-0.1, -0.05) is 17.7 Å². The number of benzene rings is 1. The second kappa shape index (κ2) is 6.63. The predicted octanol–water partition coefficient (Wildman–Crippen LogP) is 2.11. The molecular formula is C15H17ClN2O3. The lowest BCUT2D eigenvalue weighted by Gasteiger charge is -2.24. The van der Waals surface area contributed by atoms with E-state index in [0.717, 1.165) is 36.8 Å². The van der Waals surface area contributed by atoms with Crippen LogP contribution in [0, 0.1) is 0 Å². The molecule has 21 heavy (non-hydrogen) atoms. The third-order valence-corrected chi connectivity index (χ3v) is 3.65. The molecule has 2 rings (SSSR count). The number of hydrogen-bond donors (Lipinski definition) is 1. The number of hydrogen-bond acceptors (Lipinski definition) is 3. The van der Waals surface area contributed by atoms with E-state index in [0.29, 0.717) is 5.02 Å². The number of nitrogens with zero attached hydrogens (tertiary/aromatic N) is 2. The standard InChI is InChI=1S/C15H17ClN2O3/c1-17-7-2-8-18(10-14(17)19)13-9-12(16)5-3-11(13)4-6-15(20)21/h3-6,9H,2,7-8,10H2,1H3,(H,20,21)/b6-4+. The highest BCUT2D eigenvalue weighted by Crippen LogP contribution is 2.27. The van der Waals surface area contributed by atoms with E-state index in [4.69, 9.17) is 16.7 Å². The van der Waals surface area contributed by atoms with Crippen molar-refractivity contribution in [1.82, 2.24) is 4.90 Å². The highest BCUT2D eigenvalue weighted by atomic mass is 35.5. The number of likely N-dealkylation sites (N-methyl/N-ethyl adjacent to an activating group) is 1. The summed E-state index contributed by atoms with van der Waals surface area (Å²) >= 11 is 6.04. The number of aliphatic carboxylic acids is 1. The third-order valence-electron chi connectivity index (χ3n) is 3.41. The quantitative estimate of drug-likeness (QED) is 0.869. The number of anilines is 1. The summed E-state index contributed by atoms with van der Waals surface area (Å²) in [5.41, 5.74) is 1.52. The van der Waals surface area contributed by atoms with E-state index < -0.39 is 5.97 Å². The summed E-state index contributed by atoms with van der Waals surface area (Å²) in [4.78, 5) is 26.3. The molecule has 1 aromatic carbocycles. The van der Waals surface area contributed by atoms with Crippen LogP contribution in [-0.4, -0.2) is 48.6 Å². The third kappa shape index (κ3) is 3.98. The van der Waals surface area contributed by atoms with E-state index in [1.54, 1.807) is 30.1 Å². The average Bonchev–Trinajstić information content (AvgIpc) is 2.59. The van der Waals surface area contributed by atoms with Crippen molar-refractivity contribution in [2.75, 3.05) is 31.6 Å². The molecule has 1 saturated heterocycles. The van der Waals surface area contributed by atoms with E-state index in [1.165, 1.54) is 6.08 Å². The SMILES string of the molecule is CN1CCCN(c2cc(Cl)ccc2/C=C/C(=O)O)CC1=O. The van der Waals surface area contributed by atoms with Crippen molar-refractivity contribution in [2.24, 2.45) is 0 Å². The van der Waals surface area contributed by atoms with Gasteiger partial charge >= 0.3 is 5.97 Å². The molecule has 1 fully saturated rings. The lowest BCUT2D eigenvalue weighted by Crippen LogP contribution is -2.34. The topological polar surface area (TPSA) is 60.9 Å². The molecule has 1 amide bonds. The first-order valence-corrected chi connectivity index (χ1v) is 7.04. The fourth-order valence-electron chi connectivity index (χ4n) is 2.28. The van der Waals surface area contributed by atoms with Crippen LogP contribution in [0.25, 0.3) is 6.08 Å². The number of amides is 1. The molecule has 0 aliphatic carbocycles. The van der Waals surface area contributed by atoms with Crippen molar-refractivity contribution in [3.05, 3.63) is 34.9 Å². The van der Waals surface area contributed by atoms with Gasteiger partial charge in [-0.15, -0.1) is 0 Å². The fraction of sp³-hybridized carbons (Fsp3) is 0.333. The average molecular weight is 309 g/mol. The molecule has 6 heteroatoms. The molecule has 1 aliphatic rings. The van der Waals surface area contributed by atoms with Gasteiger partial charge in [0.15, 0.2) is 0 Å². The summed E-state index contributed by atoms with van der Waals surface area (Å²) in [5.74, 6) is -0.969. The van der Waals surface area contributed by atoms with E-state index >= 15 is 0 Å². The van der Waals surface area contributed by atoms with Crippen molar-refractivity contribution >= 4 is 35.2 Å². The van der Waals surface area contributed by atoms with E-state index in [2.05, 4.69) is 0 Å². The summed E-state index contributed by atoms with van der Waals surface area (Å²) in [6, 6.07) is 5.23. The zero-order valence-corrected chi connectivity index (χ0v) is 12.5. The minimum Gasteiger partial charge on any atom is -0.478 e. The minimum absolute atomic E-state index is 0.0423. The maximum absolute atomic E-state index is 12.0. The number of carbonyl (C=O) groups excluding carboxylic acids is 1. The van der Waals surface area contributed by atoms with Crippen molar-refractivity contribution in [3.63, 3.8) is 0 Å². The van der Waals surface area contributed by atoms with Gasteiger partial charge in [0.25, 0.3) is 0 Å². The van der Waals surface area contributed by atoms with Crippen LogP contribution in [0.2, 0.25) is 5.02 Å². The Bertz CT molecular complexity index is 586. The largest absolute Gasteiger partial charge is 0.478 e. The van der Waals surface area contributed by atoms with Crippen LogP contribution >= 0.6 is 11.6 Å². The predicted molar refractivity (Wildman–Crippen MR) is 82.6 cm³/mol. The van der Waals surface area contributed by atoms with Crippen LogP contribution in [0.15, 0.2) is 24.3 Å². The Morgan fingerprint density at radius 3 is 2.86 bits per heavy atom. The Kier molecular flexibility index (Phi) is 4.85. The van der Waals surface area contributed by atoms with Gasteiger partial charge in [0.1, 0.15) is 0 Å². The molecule has 1 aromatic rings. The molecule has 0 unspecified atom stereocenters. The Labute approximate surface area is 128 Å². The molecule has 112 valence electrons. The Morgan fingerprint density at radius 1 is 1.38 bits per heavy atom. The summed E-state index contributed by atoms with van der Waals surface area (Å²) in [6.07, 6.45) is 3.46. The second-order valence-corrected chi connectivity index (χ2v) is 5.40. The molecule has 0 spiro atoms. The number of rotatable bonds is 3. The zero-order valence-electron chi connectivity index (χ0n) is 11.8. The van der Waals surface area contributed by atoms with Crippen LogP contribution in [0.3, 0.4) is 0 Å². The van der Waals surface area contributed by atoms with E-state index in [-0.39, 0.29) is 12.5 Å². The number of carboxylic acids is 1. The lowest BCUT2D eigenvalue weighted by atomic mass is 10.1. The molecule has 0 atom stereocenters. The lowest BCUT2D eigenvalue weighted by molar-refractivity contribution is -0.131. The van der Waals surface area contributed by atoms with Crippen LogP contribution in [-0.2, 0) is 9.59 Å². The highest BCUT2D eigenvalue weighted by Gasteiger charge is 2.20. The summed E-state index contributed by atoms with van der Waals surface area (Å²) < 4.78 is 0. The maximum atomic E-state index is 12.0. The van der Waals surface area contributed by atoms with Gasteiger partial charge in [-0.05, 0) is 30.2 Å². The Hall–Kier alpha value is -2.01. The fourth-order valence-corrected chi connectivity index (χ4v) is 2.45. The Morgan fingerprint density at radius 2 is 2.14 bits per heavy atom. The van der Waals surface area contributed by atoms with Gasteiger partial charge in [-0.3, -0.25) is 4.79 Å². The zero-order chi connectivity index (χ0) is 15.4. The molecule has 1 N–H and O–H groups in total. The summed E-state index contributed by atoms with van der Waals surface area (Å²) in [5, 5.41) is 9.32. The van der Waals surface area contributed by atoms with Gasteiger partial charge in [0.05, 0.1) is 6.54 Å². The monoisotopic (exact) mass is 308 g/mol. The molecule has 0 radical (unpaired) electrons. The normalized spacial score (nSPS) is 16.4. The van der Waals surface area contributed by atoms with E-state index in [9.17, 15) is 9.59 Å². The number of carbonyl (C=O) groups is 2. The smallest absolute Gasteiger partial charge is 0.328 e. The highest BCUT2D eigenvalue weighted by molar-refractivity contribution is 6.31. The van der Waals surface area contributed by atoms with Crippen molar-refractivity contribution in [3.8, 4) is 0 Å².